The molecule has 1 aliphatic rings. The van der Waals surface area contributed by atoms with Gasteiger partial charge in [0, 0.05) is 13.6 Å². The molecule has 1 fully saturated rings. The quantitative estimate of drug-likeness (QED) is 0.0632. The van der Waals surface area contributed by atoms with E-state index in [4.69, 9.17) is 16.2 Å². The second kappa shape index (κ2) is 24.1. The number of amides is 5. The molecule has 1 rings (SSSR count). The molecule has 8 N–H and O–H groups in total. The molecule has 0 heterocycles. The summed E-state index contributed by atoms with van der Waals surface area (Å²) in [4.78, 5) is 80.2. The summed E-state index contributed by atoms with van der Waals surface area (Å²) in [6.07, 6.45) is 8.06. The zero-order valence-corrected chi connectivity index (χ0v) is 33.1. The predicted molar refractivity (Wildman–Crippen MR) is 200 cm³/mol. The van der Waals surface area contributed by atoms with Crippen LogP contribution in [-0.4, -0.2) is 96.0 Å². The van der Waals surface area contributed by atoms with E-state index >= 15 is 0 Å². The third-order valence-corrected chi connectivity index (χ3v) is 10.2. The Hall–Kier alpha value is -3.26. The average Bonchev–Trinajstić information content (AvgIpc) is 3.09. The number of hydrogen-bond donors (Lipinski definition) is 6. The maximum atomic E-state index is 14.1. The molecule has 300 valence electrons. The summed E-state index contributed by atoms with van der Waals surface area (Å²) in [5.41, 5.74) is 11.1. The van der Waals surface area contributed by atoms with Crippen LogP contribution in [0.25, 0.3) is 0 Å². The van der Waals surface area contributed by atoms with Gasteiger partial charge in [-0.3, -0.25) is 28.8 Å². The van der Waals surface area contributed by atoms with Gasteiger partial charge in [-0.1, -0.05) is 86.5 Å². The van der Waals surface area contributed by atoms with Gasteiger partial charge >= 0.3 is 5.97 Å². The number of aliphatic hydroxyl groups excluding tert-OH is 1. The molecule has 0 bridgehead atoms. The molecule has 1 aliphatic carbocycles. The number of hydrogen-bond acceptors (Lipinski definition) is 9. The number of rotatable bonds is 24. The molecular formula is C38H70N6O8. The summed E-state index contributed by atoms with van der Waals surface area (Å²) in [5.74, 6) is -4.52. The highest BCUT2D eigenvalue weighted by atomic mass is 16.5. The van der Waals surface area contributed by atoms with Crippen molar-refractivity contribution in [2.75, 3.05) is 20.1 Å². The Morgan fingerprint density at radius 3 is 1.90 bits per heavy atom. The molecule has 0 aromatic carbocycles. The first-order chi connectivity index (χ1) is 24.4. The van der Waals surface area contributed by atoms with E-state index in [2.05, 4.69) is 29.8 Å². The minimum absolute atomic E-state index is 0.00634. The fourth-order valence-electron chi connectivity index (χ4n) is 6.56. The van der Waals surface area contributed by atoms with Crippen molar-refractivity contribution in [3.63, 3.8) is 0 Å². The van der Waals surface area contributed by atoms with E-state index < -0.39 is 84.2 Å². The summed E-state index contributed by atoms with van der Waals surface area (Å²) >= 11 is 0. The monoisotopic (exact) mass is 739 g/mol. The van der Waals surface area contributed by atoms with Crippen LogP contribution in [0.4, 0.5) is 0 Å². The minimum Gasteiger partial charge on any atom is -0.460 e. The first-order valence-corrected chi connectivity index (χ1v) is 19.4. The number of nitrogens with zero attached hydrogens (tertiary/aromatic N) is 1. The molecule has 0 saturated heterocycles. The second-order valence-electron chi connectivity index (χ2n) is 15.6. The molecular weight excluding hydrogens is 668 g/mol. The van der Waals surface area contributed by atoms with Gasteiger partial charge in [-0.25, -0.2) is 0 Å². The summed E-state index contributed by atoms with van der Waals surface area (Å²) in [6, 6.07) is -2.98. The van der Waals surface area contributed by atoms with Crippen LogP contribution in [0.5, 0.6) is 0 Å². The van der Waals surface area contributed by atoms with Crippen LogP contribution < -0.4 is 27.4 Å². The van der Waals surface area contributed by atoms with Gasteiger partial charge < -0.3 is 42.2 Å². The lowest BCUT2D eigenvalue weighted by Gasteiger charge is -2.36. The van der Waals surface area contributed by atoms with E-state index in [0.29, 0.717) is 38.0 Å². The number of primary amides is 1. The van der Waals surface area contributed by atoms with Crippen LogP contribution in [0, 0.1) is 29.6 Å². The van der Waals surface area contributed by atoms with Crippen molar-refractivity contribution in [1.82, 2.24) is 20.9 Å². The van der Waals surface area contributed by atoms with Gasteiger partial charge in [0.25, 0.3) is 0 Å². The number of unbranched alkanes of at least 4 members (excludes halogenated alkanes) is 3. The Labute approximate surface area is 311 Å². The topological polar surface area (TPSA) is 223 Å². The van der Waals surface area contributed by atoms with E-state index in [1.807, 2.05) is 13.8 Å². The van der Waals surface area contributed by atoms with Gasteiger partial charge in [0.15, 0.2) is 0 Å². The number of likely N-dealkylation sites (N-methyl/N-ethyl adjacent to an activating group) is 1. The fourth-order valence-corrected chi connectivity index (χ4v) is 6.56. The van der Waals surface area contributed by atoms with Crippen LogP contribution >= 0.6 is 0 Å². The summed E-state index contributed by atoms with van der Waals surface area (Å²) in [5, 5.41) is 17.7. The van der Waals surface area contributed by atoms with Crippen LogP contribution in [0.2, 0.25) is 0 Å². The van der Waals surface area contributed by atoms with Gasteiger partial charge in [-0.15, -0.1) is 0 Å². The molecule has 0 spiro atoms. The molecule has 7 atom stereocenters. The zero-order valence-electron chi connectivity index (χ0n) is 33.1. The average molecular weight is 739 g/mol. The van der Waals surface area contributed by atoms with Gasteiger partial charge in [0.05, 0.1) is 17.9 Å². The van der Waals surface area contributed by atoms with Crippen molar-refractivity contribution in [2.24, 2.45) is 41.1 Å². The fraction of sp³-hybridized carbons (Fsp3) is 0.842. The summed E-state index contributed by atoms with van der Waals surface area (Å²) < 4.78 is 5.82. The largest absolute Gasteiger partial charge is 0.460 e. The minimum atomic E-state index is -1.09. The van der Waals surface area contributed by atoms with Crippen molar-refractivity contribution in [2.45, 2.75) is 156 Å². The number of carbonyl (C=O) groups excluding carboxylic acids is 6. The molecule has 1 saturated carbocycles. The molecule has 0 radical (unpaired) electrons. The lowest BCUT2D eigenvalue weighted by atomic mass is 9.83. The first-order valence-electron chi connectivity index (χ1n) is 19.4. The van der Waals surface area contributed by atoms with Crippen molar-refractivity contribution in [3.8, 4) is 0 Å². The lowest BCUT2D eigenvalue weighted by molar-refractivity contribution is -0.158. The predicted octanol–water partition coefficient (Wildman–Crippen LogP) is 2.53. The van der Waals surface area contributed by atoms with E-state index in [1.54, 1.807) is 20.9 Å². The third kappa shape index (κ3) is 16.6. The van der Waals surface area contributed by atoms with Crippen molar-refractivity contribution < 1.29 is 38.6 Å². The summed E-state index contributed by atoms with van der Waals surface area (Å²) in [6.45, 7) is 12.3. The molecule has 0 aromatic rings. The van der Waals surface area contributed by atoms with Crippen molar-refractivity contribution >= 4 is 35.5 Å². The van der Waals surface area contributed by atoms with Crippen LogP contribution in [0.15, 0.2) is 0 Å². The highest BCUT2D eigenvalue weighted by Crippen LogP contribution is 2.28. The van der Waals surface area contributed by atoms with E-state index in [-0.39, 0.29) is 18.4 Å². The molecule has 0 unspecified atom stereocenters. The lowest BCUT2D eigenvalue weighted by Crippen LogP contribution is -2.60. The number of nitrogens with one attached hydrogen (secondary N) is 3. The second-order valence-corrected chi connectivity index (χ2v) is 15.6. The van der Waals surface area contributed by atoms with E-state index in [1.165, 1.54) is 11.8 Å². The third-order valence-electron chi connectivity index (χ3n) is 10.2. The number of aliphatic hydroxyl groups is 1. The highest BCUT2D eigenvalue weighted by molar-refractivity contribution is 5.94. The zero-order chi connectivity index (χ0) is 39.5. The maximum absolute atomic E-state index is 14.1. The van der Waals surface area contributed by atoms with Crippen molar-refractivity contribution in [1.29, 1.82) is 0 Å². The smallest absolute Gasteiger partial charge is 0.325 e. The van der Waals surface area contributed by atoms with Gasteiger partial charge in [0.2, 0.25) is 29.5 Å². The van der Waals surface area contributed by atoms with E-state index in [9.17, 15) is 33.9 Å². The normalized spacial score (nSPS) is 17.6. The Morgan fingerprint density at radius 1 is 0.788 bits per heavy atom. The summed E-state index contributed by atoms with van der Waals surface area (Å²) in [7, 11) is 1.54. The standard InChI is InChI=1S/C38H70N6O8/c1-23(2)16-12-9-10-15-19-31(52-32(46)22-41-35(48)25(5)27(7)45)26(6)38(51)44(8)30(20-24(3)4)36(49)43-33(28-17-13-11-14-18-28)37(50)42-29(21-39)34(40)47/h23-31,33,45H,9-22,39H2,1-8H3,(H2,40,47)(H,41,48)(H,42,50)(H,43,49)/t25-,26+,27-,29-,30-,31+,33-/m0/s1. The Kier molecular flexibility index (Phi) is 21.7. The Morgan fingerprint density at radius 2 is 1.38 bits per heavy atom. The number of nitrogens with two attached hydrogens (primary N) is 2. The Balaban J connectivity index is 3.23. The van der Waals surface area contributed by atoms with E-state index in [0.717, 1.165) is 44.9 Å². The van der Waals surface area contributed by atoms with Gasteiger partial charge in [0.1, 0.15) is 30.8 Å². The van der Waals surface area contributed by atoms with Crippen LogP contribution in [0.3, 0.4) is 0 Å². The molecule has 0 aromatic heterocycles. The SMILES string of the molecule is CC(C)CCCCCC[C@@H](OC(=O)CNC(=O)[C@@H](C)[C@H](C)O)[C@@H](C)C(=O)N(C)[C@@H](CC(C)C)C(=O)N[C@H](C(=O)N[C@@H](CN)C(N)=O)C1CCCCC1. The molecule has 14 heteroatoms. The van der Waals surface area contributed by atoms with Crippen molar-refractivity contribution in [3.05, 3.63) is 0 Å². The highest BCUT2D eigenvalue weighted by Gasteiger charge is 2.38. The molecule has 5 amide bonds. The van der Waals surface area contributed by atoms with Gasteiger partial charge in [-0.2, -0.15) is 0 Å². The van der Waals surface area contributed by atoms with Gasteiger partial charge in [-0.05, 0) is 56.8 Å². The van der Waals surface area contributed by atoms with Crippen LogP contribution in [0.1, 0.15) is 126 Å². The molecule has 14 nitrogen and oxygen atoms in total. The number of esters is 1. The Bertz CT molecular complexity index is 1140. The molecule has 52 heavy (non-hydrogen) atoms. The first kappa shape index (κ1) is 46.8. The number of carbonyl (C=O) groups is 6. The number of ether oxygens (including phenoxy) is 1. The van der Waals surface area contributed by atoms with Crippen LogP contribution in [-0.2, 0) is 33.5 Å². The maximum Gasteiger partial charge on any atom is 0.325 e. The molecule has 0 aliphatic heterocycles.